The Balaban J connectivity index is 0.00000121. The maximum absolute atomic E-state index is 12.9. The first-order valence-corrected chi connectivity index (χ1v) is 7.17. The van der Waals surface area contributed by atoms with E-state index in [1.54, 1.807) is 0 Å². The van der Waals surface area contributed by atoms with Gasteiger partial charge in [-0.05, 0) is 36.5 Å². The number of nitrogens with zero attached hydrogens (tertiary/aromatic N) is 1. The highest BCUT2D eigenvalue weighted by molar-refractivity contribution is 5.85. The predicted molar refractivity (Wildman–Crippen MR) is 85.8 cm³/mol. The van der Waals surface area contributed by atoms with Crippen LogP contribution in [-0.4, -0.2) is 31.1 Å². The Kier molecular flexibility index (Phi) is 6.99. The number of hydrogen-bond acceptors (Lipinski definition) is 2. The second-order valence-corrected chi connectivity index (χ2v) is 5.69. The van der Waals surface area contributed by atoms with E-state index in [9.17, 15) is 13.2 Å². The van der Waals surface area contributed by atoms with Gasteiger partial charge in [-0.15, -0.1) is 24.8 Å². The van der Waals surface area contributed by atoms with E-state index >= 15 is 0 Å². The van der Waals surface area contributed by atoms with Crippen LogP contribution in [0.1, 0.15) is 30.0 Å². The topological polar surface area (TPSA) is 15.3 Å². The maximum Gasteiger partial charge on any atom is 0.416 e. The van der Waals surface area contributed by atoms with Crippen LogP contribution < -0.4 is 5.32 Å². The summed E-state index contributed by atoms with van der Waals surface area (Å²) in [4.78, 5) is 2.34. The fourth-order valence-electron chi connectivity index (χ4n) is 3.05. The van der Waals surface area contributed by atoms with E-state index in [1.165, 1.54) is 12.1 Å². The first-order valence-electron chi connectivity index (χ1n) is 7.17. The molecule has 2 aliphatic rings. The van der Waals surface area contributed by atoms with Crippen LogP contribution in [-0.2, 0) is 6.18 Å². The average molecular weight is 357 g/mol. The van der Waals surface area contributed by atoms with Gasteiger partial charge in [0.15, 0.2) is 0 Å². The number of alkyl halides is 3. The summed E-state index contributed by atoms with van der Waals surface area (Å²) >= 11 is 0. The van der Waals surface area contributed by atoms with Crippen LogP contribution in [0, 0.1) is 5.92 Å². The molecule has 7 heteroatoms. The summed E-state index contributed by atoms with van der Waals surface area (Å²) in [6.07, 6.45) is -2.00. The van der Waals surface area contributed by atoms with Gasteiger partial charge in [0.05, 0.1) is 5.56 Å². The zero-order valence-corrected chi connectivity index (χ0v) is 13.7. The van der Waals surface area contributed by atoms with Gasteiger partial charge in [0.2, 0.25) is 0 Å². The van der Waals surface area contributed by atoms with Gasteiger partial charge >= 0.3 is 6.18 Å². The molecule has 0 bridgehead atoms. The van der Waals surface area contributed by atoms with Crippen molar-refractivity contribution < 1.29 is 13.2 Å². The number of halogens is 5. The molecule has 1 aliphatic heterocycles. The van der Waals surface area contributed by atoms with Crippen LogP contribution in [0.4, 0.5) is 13.2 Å². The molecule has 126 valence electrons. The second kappa shape index (κ2) is 7.86. The molecule has 0 radical (unpaired) electrons. The van der Waals surface area contributed by atoms with Gasteiger partial charge in [-0.3, -0.25) is 4.90 Å². The number of rotatable bonds is 3. The summed E-state index contributed by atoms with van der Waals surface area (Å²) in [6.45, 7) is 3.67. The monoisotopic (exact) mass is 356 g/mol. The Morgan fingerprint density at radius 2 is 1.73 bits per heavy atom. The first kappa shape index (κ1) is 19.6. The third-order valence-corrected chi connectivity index (χ3v) is 4.17. The maximum atomic E-state index is 12.9. The van der Waals surface area contributed by atoms with Crippen molar-refractivity contribution in [3.63, 3.8) is 0 Å². The minimum absolute atomic E-state index is 0. The Morgan fingerprint density at radius 1 is 1.09 bits per heavy atom. The van der Waals surface area contributed by atoms with E-state index in [-0.39, 0.29) is 30.9 Å². The smallest absolute Gasteiger partial charge is 0.314 e. The van der Waals surface area contributed by atoms with Crippen LogP contribution >= 0.6 is 24.8 Å². The van der Waals surface area contributed by atoms with Crippen LogP contribution in [0.15, 0.2) is 24.3 Å². The highest BCUT2D eigenvalue weighted by Crippen LogP contribution is 2.45. The van der Waals surface area contributed by atoms with Gasteiger partial charge in [0.25, 0.3) is 0 Å². The van der Waals surface area contributed by atoms with Crippen LogP contribution in [0.2, 0.25) is 0 Å². The number of benzene rings is 1. The van der Waals surface area contributed by atoms with Crippen molar-refractivity contribution in [3.8, 4) is 0 Å². The van der Waals surface area contributed by atoms with E-state index in [0.717, 1.165) is 50.7 Å². The molecule has 1 N–H and O–H groups in total. The lowest BCUT2D eigenvalue weighted by molar-refractivity contribution is -0.137. The first-order chi connectivity index (χ1) is 9.55. The van der Waals surface area contributed by atoms with Crippen molar-refractivity contribution in [3.05, 3.63) is 35.4 Å². The van der Waals surface area contributed by atoms with E-state index < -0.39 is 11.7 Å². The van der Waals surface area contributed by atoms with E-state index in [2.05, 4.69) is 10.2 Å². The van der Waals surface area contributed by atoms with Gasteiger partial charge < -0.3 is 5.32 Å². The van der Waals surface area contributed by atoms with Crippen LogP contribution in [0.5, 0.6) is 0 Å². The zero-order valence-electron chi connectivity index (χ0n) is 12.1. The summed E-state index contributed by atoms with van der Waals surface area (Å²) in [5.41, 5.74) is 0.292. The van der Waals surface area contributed by atoms with Crippen molar-refractivity contribution in [2.75, 3.05) is 26.2 Å². The molecule has 0 spiro atoms. The Bertz CT molecular complexity index is 472. The van der Waals surface area contributed by atoms with Gasteiger partial charge in [-0.1, -0.05) is 12.1 Å². The molecule has 1 aromatic rings. The zero-order chi connectivity index (χ0) is 14.2. The van der Waals surface area contributed by atoms with Crippen molar-refractivity contribution in [2.45, 2.75) is 25.1 Å². The fourth-order valence-corrected chi connectivity index (χ4v) is 3.05. The quantitative estimate of drug-likeness (QED) is 0.883. The minimum Gasteiger partial charge on any atom is -0.314 e. The fraction of sp³-hybridized carbons (Fsp3) is 0.600. The highest BCUT2D eigenvalue weighted by Gasteiger charge is 2.38. The molecule has 1 aliphatic carbocycles. The van der Waals surface area contributed by atoms with Crippen molar-refractivity contribution >= 4 is 24.8 Å². The minimum atomic E-state index is -4.26. The lowest BCUT2D eigenvalue weighted by Gasteiger charge is -2.35. The molecule has 0 aromatic heterocycles. The molecule has 1 heterocycles. The molecule has 2 nitrogen and oxygen atoms in total. The van der Waals surface area contributed by atoms with Gasteiger partial charge in [-0.2, -0.15) is 13.2 Å². The average Bonchev–Trinajstić information content (AvgIpc) is 3.24. The number of piperazine rings is 1. The Labute approximate surface area is 141 Å². The summed E-state index contributed by atoms with van der Waals surface area (Å²) in [5, 5.41) is 3.29. The molecule has 0 amide bonds. The van der Waals surface area contributed by atoms with E-state index in [0.29, 0.717) is 5.92 Å². The molecular formula is C15H21Cl2F3N2. The summed E-state index contributed by atoms with van der Waals surface area (Å²) in [5.74, 6) is 0.525. The molecule has 1 aromatic carbocycles. The van der Waals surface area contributed by atoms with Gasteiger partial charge in [0, 0.05) is 32.2 Å². The standard InChI is InChI=1S/C15H19F3N2.2ClH/c16-15(17,18)13-3-1-2-12(10-13)14(11-4-5-11)20-8-6-19-7-9-20;;/h1-3,10-11,14,19H,4-9H2;2*1H/t14-;;/m1../s1. The van der Waals surface area contributed by atoms with Crippen molar-refractivity contribution in [2.24, 2.45) is 5.92 Å². The van der Waals surface area contributed by atoms with Crippen molar-refractivity contribution in [1.82, 2.24) is 10.2 Å². The molecule has 0 unspecified atom stereocenters. The highest BCUT2D eigenvalue weighted by atomic mass is 35.5. The summed E-state index contributed by atoms with van der Waals surface area (Å²) in [7, 11) is 0. The summed E-state index contributed by atoms with van der Waals surface area (Å²) < 4.78 is 38.6. The number of hydrogen-bond donors (Lipinski definition) is 1. The van der Waals surface area contributed by atoms with Crippen LogP contribution in [0.25, 0.3) is 0 Å². The lowest BCUT2D eigenvalue weighted by Crippen LogP contribution is -2.45. The third-order valence-electron chi connectivity index (χ3n) is 4.17. The van der Waals surface area contributed by atoms with Crippen molar-refractivity contribution in [1.29, 1.82) is 0 Å². The molecular weight excluding hydrogens is 336 g/mol. The molecule has 1 saturated heterocycles. The molecule has 1 atom stereocenters. The van der Waals surface area contributed by atoms with Crippen LogP contribution in [0.3, 0.4) is 0 Å². The summed E-state index contributed by atoms with van der Waals surface area (Å²) in [6, 6.07) is 6.03. The largest absolute Gasteiger partial charge is 0.416 e. The predicted octanol–water partition coefficient (Wildman–Crippen LogP) is 3.91. The molecule has 2 fully saturated rings. The normalized spacial score (nSPS) is 20.7. The van der Waals surface area contributed by atoms with E-state index in [4.69, 9.17) is 0 Å². The molecule has 3 rings (SSSR count). The van der Waals surface area contributed by atoms with E-state index in [1.807, 2.05) is 6.07 Å². The number of nitrogens with one attached hydrogen (secondary N) is 1. The SMILES string of the molecule is Cl.Cl.FC(F)(F)c1cccc([C@@H](C2CC2)N2CCNCC2)c1. The van der Waals surface area contributed by atoms with Gasteiger partial charge in [0.1, 0.15) is 0 Å². The third kappa shape index (κ3) is 4.51. The van der Waals surface area contributed by atoms with Gasteiger partial charge in [-0.25, -0.2) is 0 Å². The Morgan fingerprint density at radius 3 is 2.27 bits per heavy atom. The Hall–Kier alpha value is -0.490. The second-order valence-electron chi connectivity index (χ2n) is 5.69. The molecule has 22 heavy (non-hydrogen) atoms. The molecule has 1 saturated carbocycles. The lowest BCUT2D eigenvalue weighted by atomic mass is 9.97.